The molecular formula is C17H24N2O4S. The van der Waals surface area contributed by atoms with Crippen LogP contribution in [0.4, 0.5) is 0 Å². The molecule has 1 aromatic rings. The first kappa shape index (κ1) is 20.0. The highest BCUT2D eigenvalue weighted by molar-refractivity contribution is 7.98. The Morgan fingerprint density at radius 3 is 2.46 bits per heavy atom. The second-order valence-electron chi connectivity index (χ2n) is 5.62. The van der Waals surface area contributed by atoms with E-state index in [4.69, 9.17) is 5.11 Å². The van der Waals surface area contributed by atoms with Crippen LogP contribution < -0.4 is 10.6 Å². The summed E-state index contributed by atoms with van der Waals surface area (Å²) < 4.78 is 0. The molecule has 0 bridgehead atoms. The molecule has 1 rings (SSSR count). The van der Waals surface area contributed by atoms with Gasteiger partial charge >= 0.3 is 5.97 Å². The number of hydrogen-bond donors (Lipinski definition) is 3. The van der Waals surface area contributed by atoms with E-state index >= 15 is 0 Å². The van der Waals surface area contributed by atoms with Gasteiger partial charge in [-0.05, 0) is 36.5 Å². The van der Waals surface area contributed by atoms with E-state index in [9.17, 15) is 14.4 Å². The quantitative estimate of drug-likeness (QED) is 0.596. The van der Waals surface area contributed by atoms with Gasteiger partial charge in [-0.1, -0.05) is 25.1 Å². The number of benzene rings is 1. The monoisotopic (exact) mass is 352 g/mol. The van der Waals surface area contributed by atoms with Crippen LogP contribution in [0, 0.1) is 5.92 Å². The summed E-state index contributed by atoms with van der Waals surface area (Å²) in [5.41, 5.74) is 0.499. The third-order valence-corrected chi connectivity index (χ3v) is 4.06. The molecule has 2 amide bonds. The highest BCUT2D eigenvalue weighted by Crippen LogP contribution is 2.05. The molecule has 24 heavy (non-hydrogen) atoms. The molecule has 0 aliphatic heterocycles. The van der Waals surface area contributed by atoms with Crippen molar-refractivity contribution < 1.29 is 19.5 Å². The van der Waals surface area contributed by atoms with Crippen molar-refractivity contribution in [2.45, 2.75) is 25.8 Å². The van der Waals surface area contributed by atoms with Gasteiger partial charge in [0.1, 0.15) is 6.04 Å². The lowest BCUT2D eigenvalue weighted by atomic mass is 10.1. The van der Waals surface area contributed by atoms with Crippen molar-refractivity contribution in [3.05, 3.63) is 35.9 Å². The van der Waals surface area contributed by atoms with Gasteiger partial charge in [-0.2, -0.15) is 11.8 Å². The summed E-state index contributed by atoms with van der Waals surface area (Å²) in [6, 6.07) is 8.08. The molecule has 0 aromatic heterocycles. The van der Waals surface area contributed by atoms with Gasteiger partial charge in [0.2, 0.25) is 5.91 Å². The van der Waals surface area contributed by atoms with Crippen LogP contribution in [0.2, 0.25) is 0 Å². The molecule has 0 saturated carbocycles. The van der Waals surface area contributed by atoms with Crippen LogP contribution in [0.3, 0.4) is 0 Å². The van der Waals surface area contributed by atoms with Crippen molar-refractivity contribution in [1.29, 1.82) is 0 Å². The van der Waals surface area contributed by atoms with Gasteiger partial charge in [-0.25, -0.2) is 0 Å². The standard InChI is InChI=1S/C17H24N2O4S/c1-12(10-15(20)21)11-18-17(23)14(8-9-24-2)19-16(22)13-6-4-3-5-7-13/h3-7,12,14H,8-11H2,1-2H3,(H,18,23)(H,19,22)(H,20,21). The van der Waals surface area contributed by atoms with Crippen molar-refractivity contribution in [3.8, 4) is 0 Å². The smallest absolute Gasteiger partial charge is 0.303 e. The first-order chi connectivity index (χ1) is 11.4. The van der Waals surface area contributed by atoms with E-state index in [0.717, 1.165) is 5.75 Å². The van der Waals surface area contributed by atoms with Gasteiger partial charge < -0.3 is 15.7 Å². The minimum atomic E-state index is -0.895. The third kappa shape index (κ3) is 7.50. The van der Waals surface area contributed by atoms with Crippen LogP contribution in [-0.4, -0.2) is 47.5 Å². The van der Waals surface area contributed by atoms with Gasteiger partial charge in [-0.15, -0.1) is 0 Å². The summed E-state index contributed by atoms with van der Waals surface area (Å²) >= 11 is 1.59. The zero-order valence-electron chi connectivity index (χ0n) is 14.0. The number of rotatable bonds is 10. The van der Waals surface area contributed by atoms with Gasteiger partial charge in [0.05, 0.1) is 0 Å². The Labute approximate surface area is 146 Å². The van der Waals surface area contributed by atoms with Gasteiger partial charge in [0.15, 0.2) is 0 Å². The molecule has 0 heterocycles. The van der Waals surface area contributed by atoms with Crippen LogP contribution in [0.5, 0.6) is 0 Å². The van der Waals surface area contributed by atoms with Crippen LogP contribution in [0.25, 0.3) is 0 Å². The molecule has 7 heteroatoms. The molecule has 6 nitrogen and oxygen atoms in total. The topological polar surface area (TPSA) is 95.5 Å². The Morgan fingerprint density at radius 1 is 1.21 bits per heavy atom. The van der Waals surface area contributed by atoms with E-state index < -0.39 is 12.0 Å². The lowest BCUT2D eigenvalue weighted by Crippen LogP contribution is -2.48. The fourth-order valence-electron chi connectivity index (χ4n) is 2.10. The second-order valence-corrected chi connectivity index (χ2v) is 6.61. The Morgan fingerprint density at radius 2 is 1.88 bits per heavy atom. The van der Waals surface area contributed by atoms with Gasteiger partial charge in [0.25, 0.3) is 5.91 Å². The Bertz CT molecular complexity index is 551. The minimum absolute atomic E-state index is 0.00780. The van der Waals surface area contributed by atoms with Crippen LogP contribution in [0.15, 0.2) is 30.3 Å². The number of amides is 2. The summed E-state index contributed by atoms with van der Waals surface area (Å²) in [5, 5.41) is 14.2. The van der Waals surface area contributed by atoms with Gasteiger partial charge in [-0.3, -0.25) is 14.4 Å². The zero-order valence-corrected chi connectivity index (χ0v) is 14.8. The van der Waals surface area contributed by atoms with Crippen LogP contribution >= 0.6 is 11.8 Å². The number of carbonyl (C=O) groups is 3. The summed E-state index contributed by atoms with van der Waals surface area (Å²) in [6.45, 7) is 2.02. The summed E-state index contributed by atoms with van der Waals surface area (Å²) in [6.07, 6.45) is 2.44. The number of nitrogens with one attached hydrogen (secondary N) is 2. The molecule has 0 spiro atoms. The van der Waals surface area contributed by atoms with Crippen molar-refractivity contribution in [1.82, 2.24) is 10.6 Å². The number of carboxylic acid groups (broad SMARTS) is 1. The Balaban J connectivity index is 2.61. The van der Waals surface area contributed by atoms with Crippen molar-refractivity contribution in [2.75, 3.05) is 18.6 Å². The molecule has 0 radical (unpaired) electrons. The van der Waals surface area contributed by atoms with Crippen molar-refractivity contribution >= 4 is 29.5 Å². The molecular weight excluding hydrogens is 328 g/mol. The van der Waals surface area contributed by atoms with Crippen molar-refractivity contribution in [3.63, 3.8) is 0 Å². The molecule has 0 saturated heterocycles. The fourth-order valence-corrected chi connectivity index (χ4v) is 2.58. The average molecular weight is 352 g/mol. The van der Waals surface area contributed by atoms with Crippen molar-refractivity contribution in [2.24, 2.45) is 5.92 Å². The predicted octanol–water partition coefficient (Wildman–Crippen LogP) is 1.77. The normalized spacial score (nSPS) is 12.9. The summed E-state index contributed by atoms with van der Waals surface area (Å²) in [4.78, 5) is 35.2. The summed E-state index contributed by atoms with van der Waals surface area (Å²) in [5.74, 6) is -0.913. The number of carboxylic acids is 1. The van der Waals surface area contributed by atoms with Gasteiger partial charge in [0, 0.05) is 18.5 Å². The molecule has 0 aliphatic rings. The molecule has 0 aliphatic carbocycles. The lowest BCUT2D eigenvalue weighted by Gasteiger charge is -2.19. The number of hydrogen-bond acceptors (Lipinski definition) is 4. The minimum Gasteiger partial charge on any atom is -0.481 e. The largest absolute Gasteiger partial charge is 0.481 e. The third-order valence-electron chi connectivity index (χ3n) is 3.42. The lowest BCUT2D eigenvalue weighted by molar-refractivity contribution is -0.138. The molecule has 0 fully saturated rings. The SMILES string of the molecule is CSCCC(NC(=O)c1ccccc1)C(=O)NCC(C)CC(=O)O. The second kappa shape index (κ2) is 10.7. The van der Waals surface area contributed by atoms with Crippen LogP contribution in [-0.2, 0) is 9.59 Å². The Hall–Kier alpha value is -2.02. The summed E-state index contributed by atoms with van der Waals surface area (Å²) in [7, 11) is 0. The first-order valence-corrected chi connectivity index (χ1v) is 9.17. The van der Waals surface area contributed by atoms with Crippen LogP contribution in [0.1, 0.15) is 30.1 Å². The number of aliphatic carboxylic acids is 1. The highest BCUT2D eigenvalue weighted by atomic mass is 32.2. The van der Waals surface area contributed by atoms with E-state index in [0.29, 0.717) is 12.0 Å². The molecule has 2 atom stereocenters. The Kier molecular flexibility index (Phi) is 8.93. The molecule has 2 unspecified atom stereocenters. The zero-order chi connectivity index (χ0) is 17.9. The maximum atomic E-state index is 12.3. The van der Waals surface area contributed by atoms with E-state index in [-0.39, 0.29) is 30.7 Å². The van der Waals surface area contributed by atoms with E-state index in [2.05, 4.69) is 10.6 Å². The predicted molar refractivity (Wildman–Crippen MR) is 95.1 cm³/mol. The fraction of sp³-hybridized carbons (Fsp3) is 0.471. The maximum Gasteiger partial charge on any atom is 0.303 e. The molecule has 132 valence electrons. The number of thioether (sulfide) groups is 1. The number of carbonyl (C=O) groups excluding carboxylic acids is 2. The van der Waals surface area contributed by atoms with E-state index in [1.807, 2.05) is 12.3 Å². The highest BCUT2D eigenvalue weighted by Gasteiger charge is 2.21. The molecule has 1 aromatic carbocycles. The molecule has 3 N–H and O–H groups in total. The average Bonchev–Trinajstić information content (AvgIpc) is 2.56. The first-order valence-electron chi connectivity index (χ1n) is 7.78. The van der Waals surface area contributed by atoms with E-state index in [1.165, 1.54) is 0 Å². The maximum absolute atomic E-state index is 12.3. The van der Waals surface area contributed by atoms with E-state index in [1.54, 1.807) is 43.0 Å².